The van der Waals surface area contributed by atoms with Gasteiger partial charge in [-0.05, 0) is 63.5 Å². The molecule has 2 rings (SSSR count). The second-order valence-corrected chi connectivity index (χ2v) is 9.92. The molecule has 0 saturated heterocycles. The summed E-state index contributed by atoms with van der Waals surface area (Å²) < 4.78 is 20.4. The number of carbonyl (C=O) groups is 3. The van der Waals surface area contributed by atoms with Gasteiger partial charge < -0.3 is 25.6 Å². The van der Waals surface area contributed by atoms with Crippen LogP contribution in [-0.2, 0) is 25.7 Å². The van der Waals surface area contributed by atoms with Crippen molar-refractivity contribution in [1.29, 1.82) is 0 Å². The molecule has 8 nitrogen and oxygen atoms in total. The van der Waals surface area contributed by atoms with E-state index >= 15 is 0 Å². The van der Waals surface area contributed by atoms with Crippen molar-refractivity contribution in [2.45, 2.75) is 65.6 Å². The Morgan fingerprint density at radius 2 is 1.98 bits per heavy atom. The highest BCUT2D eigenvalue weighted by Crippen LogP contribution is 2.26. The Bertz CT molecular complexity index is 1250. The summed E-state index contributed by atoms with van der Waals surface area (Å²) in [5.41, 5.74) is 3.15. The highest BCUT2D eigenvalue weighted by Gasteiger charge is 2.26. The first-order valence-electron chi connectivity index (χ1n) is 14.2. The molecule has 1 aliphatic carbocycles. The second-order valence-electron chi connectivity index (χ2n) is 9.92. The zero-order chi connectivity index (χ0) is 30.9. The van der Waals surface area contributed by atoms with Crippen molar-refractivity contribution in [2.24, 2.45) is 0 Å². The van der Waals surface area contributed by atoms with Gasteiger partial charge in [-0.3, -0.25) is 14.4 Å². The zero-order valence-corrected chi connectivity index (χ0v) is 25.0. The maximum atomic E-state index is 14.8. The van der Waals surface area contributed by atoms with Crippen LogP contribution in [0.3, 0.4) is 0 Å². The lowest BCUT2D eigenvalue weighted by Gasteiger charge is -2.33. The number of hydrogen-bond acceptors (Lipinski definition) is 5. The predicted octanol–water partition coefficient (Wildman–Crippen LogP) is 4.94. The molecule has 1 aromatic rings. The minimum absolute atomic E-state index is 0.145. The van der Waals surface area contributed by atoms with E-state index in [1.54, 1.807) is 49.4 Å². The number of nitrogens with one attached hydrogen (secondary N) is 3. The van der Waals surface area contributed by atoms with E-state index in [0.29, 0.717) is 42.9 Å². The fourth-order valence-corrected chi connectivity index (χ4v) is 4.30. The number of amides is 3. The highest BCUT2D eigenvalue weighted by molar-refractivity contribution is 5.84. The quantitative estimate of drug-likeness (QED) is 0.138. The summed E-state index contributed by atoms with van der Waals surface area (Å²) in [4.78, 5) is 38.5. The summed E-state index contributed by atoms with van der Waals surface area (Å²) in [6, 6.07) is 5.77. The van der Waals surface area contributed by atoms with E-state index in [4.69, 9.17) is 4.74 Å². The molecule has 3 amide bonds. The lowest BCUT2D eigenvalue weighted by Crippen LogP contribution is -2.44. The Morgan fingerprint density at radius 3 is 2.67 bits per heavy atom. The van der Waals surface area contributed by atoms with Crippen molar-refractivity contribution in [3.8, 4) is 0 Å². The van der Waals surface area contributed by atoms with E-state index in [0.717, 1.165) is 17.7 Å². The fourth-order valence-electron chi connectivity index (χ4n) is 4.30. The molecule has 226 valence electrons. The van der Waals surface area contributed by atoms with Gasteiger partial charge in [-0.15, -0.1) is 0 Å². The van der Waals surface area contributed by atoms with E-state index < -0.39 is 6.04 Å². The van der Waals surface area contributed by atoms with E-state index in [-0.39, 0.29) is 36.7 Å². The minimum atomic E-state index is -0.707. The standard InChI is InChI=1S/C33H43FN4O4/c1-6-12-28(15-11-18-35-23-39)37-33(41)26(5)38(22-27-13-8-9-16-30(27)34)31-17-10-14-29(20-24(31)3)36-32(40)21-25(4)42-19-7-2/h6,8-9,11-17,20,23,25-26H,1,7,10,18-19,21-22H2,2-5H3,(H,35,39)(H,36,40)(H,37,41)/b15-11-,28-12+. The number of nitrogens with zero attached hydrogens (tertiary/aromatic N) is 1. The van der Waals surface area contributed by atoms with Crippen molar-refractivity contribution in [3.05, 3.63) is 107 Å². The van der Waals surface area contributed by atoms with Crippen molar-refractivity contribution >= 4 is 18.2 Å². The molecule has 1 aromatic carbocycles. The molecule has 0 saturated carbocycles. The van der Waals surface area contributed by atoms with Crippen LogP contribution in [-0.4, -0.2) is 48.4 Å². The molecule has 0 heterocycles. The van der Waals surface area contributed by atoms with Gasteiger partial charge >= 0.3 is 0 Å². The molecule has 2 unspecified atom stereocenters. The predicted molar refractivity (Wildman–Crippen MR) is 164 cm³/mol. The maximum Gasteiger partial charge on any atom is 0.246 e. The van der Waals surface area contributed by atoms with E-state index in [1.807, 2.05) is 43.9 Å². The van der Waals surface area contributed by atoms with Gasteiger partial charge in [-0.2, -0.15) is 0 Å². The Kier molecular flexibility index (Phi) is 14.8. The van der Waals surface area contributed by atoms with Crippen LogP contribution < -0.4 is 16.0 Å². The van der Waals surface area contributed by atoms with E-state index in [9.17, 15) is 18.8 Å². The van der Waals surface area contributed by atoms with Crippen LogP contribution in [0.5, 0.6) is 0 Å². The Morgan fingerprint density at radius 1 is 1.21 bits per heavy atom. The number of hydrogen-bond donors (Lipinski definition) is 3. The average Bonchev–Trinajstić information content (AvgIpc) is 3.13. The van der Waals surface area contributed by atoms with E-state index in [1.165, 1.54) is 6.07 Å². The SMILES string of the molecule is C=C/C=C(\C=C/CNC=O)NC(=O)C(C)N(Cc1ccccc1F)C1=CCC=C(NC(=O)CC(C)OCCC)C=C1C. The summed E-state index contributed by atoms with van der Waals surface area (Å²) in [6.45, 7) is 12.3. The number of allylic oxidation sites excluding steroid dienone is 7. The molecule has 0 fully saturated rings. The van der Waals surface area contributed by atoms with Gasteiger partial charge in [0.25, 0.3) is 0 Å². The molecule has 0 radical (unpaired) electrons. The van der Waals surface area contributed by atoms with Gasteiger partial charge in [0.15, 0.2) is 0 Å². The van der Waals surface area contributed by atoms with Gasteiger partial charge in [0.05, 0.1) is 12.5 Å². The summed E-state index contributed by atoms with van der Waals surface area (Å²) in [7, 11) is 0. The first kappa shape index (κ1) is 34.0. The minimum Gasteiger partial charge on any atom is -0.378 e. The van der Waals surface area contributed by atoms with Crippen molar-refractivity contribution in [2.75, 3.05) is 13.2 Å². The second kappa shape index (κ2) is 18.2. The van der Waals surface area contributed by atoms with Gasteiger partial charge in [0.1, 0.15) is 11.9 Å². The Hall–Kier alpha value is -4.24. The topological polar surface area (TPSA) is 99.8 Å². The molecule has 0 aromatic heterocycles. The zero-order valence-electron chi connectivity index (χ0n) is 25.0. The van der Waals surface area contributed by atoms with Crippen molar-refractivity contribution < 1.29 is 23.5 Å². The maximum absolute atomic E-state index is 14.8. The van der Waals surface area contributed by atoms with E-state index in [2.05, 4.69) is 22.5 Å². The fraction of sp³-hybridized carbons (Fsp3) is 0.364. The van der Waals surface area contributed by atoms with Gasteiger partial charge in [-0.25, -0.2) is 4.39 Å². The van der Waals surface area contributed by atoms with Crippen molar-refractivity contribution in [1.82, 2.24) is 20.9 Å². The normalized spacial score (nSPS) is 15.0. The van der Waals surface area contributed by atoms with Crippen LogP contribution in [0.25, 0.3) is 0 Å². The number of rotatable bonds is 17. The van der Waals surface area contributed by atoms with Gasteiger partial charge in [0, 0.05) is 42.4 Å². The smallest absolute Gasteiger partial charge is 0.246 e. The summed E-state index contributed by atoms with van der Waals surface area (Å²) in [6.07, 6.45) is 14.3. The van der Waals surface area contributed by atoms with Crippen LogP contribution in [0.4, 0.5) is 4.39 Å². The Balaban J connectivity index is 2.30. The summed E-state index contributed by atoms with van der Waals surface area (Å²) in [5, 5.41) is 8.39. The molecule has 0 aliphatic heterocycles. The molecule has 2 atom stereocenters. The number of benzene rings is 1. The molecular formula is C33H43FN4O4. The third kappa shape index (κ3) is 11.3. The summed E-state index contributed by atoms with van der Waals surface area (Å²) >= 11 is 0. The molecule has 42 heavy (non-hydrogen) atoms. The van der Waals surface area contributed by atoms with Gasteiger partial charge in [0.2, 0.25) is 18.2 Å². The number of carbonyl (C=O) groups excluding carboxylic acids is 3. The average molecular weight is 579 g/mol. The van der Waals surface area contributed by atoms with Crippen LogP contribution >= 0.6 is 0 Å². The molecular weight excluding hydrogens is 535 g/mol. The molecule has 9 heteroatoms. The third-order valence-electron chi connectivity index (χ3n) is 6.42. The van der Waals surface area contributed by atoms with Crippen LogP contribution in [0, 0.1) is 5.82 Å². The first-order chi connectivity index (χ1) is 20.2. The molecule has 0 bridgehead atoms. The highest BCUT2D eigenvalue weighted by atomic mass is 19.1. The van der Waals surface area contributed by atoms with Gasteiger partial charge in [-0.1, -0.05) is 56.0 Å². The molecule has 1 aliphatic rings. The Labute approximate surface area is 248 Å². The molecule has 0 spiro atoms. The monoisotopic (exact) mass is 578 g/mol. The lowest BCUT2D eigenvalue weighted by molar-refractivity contribution is -0.124. The number of ether oxygens (including phenoxy) is 1. The third-order valence-corrected chi connectivity index (χ3v) is 6.42. The largest absolute Gasteiger partial charge is 0.378 e. The number of halogens is 1. The molecule has 3 N–H and O–H groups in total. The van der Waals surface area contributed by atoms with Crippen LogP contribution in [0.15, 0.2) is 96.0 Å². The van der Waals surface area contributed by atoms with Crippen molar-refractivity contribution in [3.63, 3.8) is 0 Å². The van der Waals surface area contributed by atoms with Crippen LogP contribution in [0.2, 0.25) is 0 Å². The van der Waals surface area contributed by atoms with Crippen LogP contribution in [0.1, 0.15) is 52.5 Å². The first-order valence-corrected chi connectivity index (χ1v) is 14.2. The lowest BCUT2D eigenvalue weighted by atomic mass is 10.1. The summed E-state index contributed by atoms with van der Waals surface area (Å²) in [5.74, 6) is -0.825.